The predicted molar refractivity (Wildman–Crippen MR) is 173 cm³/mol. The van der Waals surface area contributed by atoms with Crippen LogP contribution in [-0.2, 0) is 17.4 Å². The zero-order chi connectivity index (χ0) is 28.0. The molecule has 0 aliphatic heterocycles. The highest BCUT2D eigenvalue weighted by Gasteiger charge is 2.23. The molecule has 220 valence electrons. The SMILES string of the molecule is CCCCCCCCCCCCc1ccc(P(=O)(O)c2ccc(CCCCCCCCCCCC)cc2)cc1. The standard InChI is InChI=1S/C36H59O2P/c1-3-5-7-9-11-13-15-17-19-21-23-33-25-29-35(30-26-33)39(37,38)36-31-27-34(28-32-36)24-22-20-18-16-14-12-10-8-6-4-2/h25-32H,3-24H2,1-2H3,(H,37,38). The monoisotopic (exact) mass is 554 g/mol. The fourth-order valence-corrected chi connectivity index (χ4v) is 6.92. The van der Waals surface area contributed by atoms with E-state index in [-0.39, 0.29) is 0 Å². The molecule has 1 N–H and O–H groups in total. The zero-order valence-electron chi connectivity index (χ0n) is 25.5. The first-order valence-corrected chi connectivity index (χ1v) is 18.3. The Kier molecular flexibility index (Phi) is 18.6. The maximum atomic E-state index is 13.3. The summed E-state index contributed by atoms with van der Waals surface area (Å²) in [5.74, 6) is 0. The van der Waals surface area contributed by atoms with E-state index < -0.39 is 7.37 Å². The first kappa shape index (κ1) is 33.8. The number of benzene rings is 2. The summed E-state index contributed by atoms with van der Waals surface area (Å²) >= 11 is 0. The molecule has 0 radical (unpaired) electrons. The van der Waals surface area contributed by atoms with Crippen molar-refractivity contribution in [2.75, 3.05) is 0 Å². The second-order valence-electron chi connectivity index (χ2n) is 11.8. The molecule has 0 saturated heterocycles. The molecular weight excluding hydrogens is 495 g/mol. The van der Waals surface area contributed by atoms with Crippen LogP contribution in [0.2, 0.25) is 0 Å². The fourth-order valence-electron chi connectivity index (χ4n) is 5.51. The molecule has 0 aromatic heterocycles. The van der Waals surface area contributed by atoms with Gasteiger partial charge in [-0.05, 0) is 61.1 Å². The fraction of sp³-hybridized carbons (Fsp3) is 0.667. The van der Waals surface area contributed by atoms with Crippen molar-refractivity contribution in [3.63, 3.8) is 0 Å². The van der Waals surface area contributed by atoms with Crippen molar-refractivity contribution < 1.29 is 9.46 Å². The van der Waals surface area contributed by atoms with Crippen LogP contribution in [-0.4, -0.2) is 4.89 Å². The lowest BCUT2D eigenvalue weighted by atomic mass is 10.0. The molecule has 0 amide bonds. The molecule has 2 aromatic rings. The second kappa shape index (κ2) is 21.4. The Balaban J connectivity index is 1.63. The van der Waals surface area contributed by atoms with Crippen LogP contribution in [0.5, 0.6) is 0 Å². The number of hydrogen-bond donors (Lipinski definition) is 1. The van der Waals surface area contributed by atoms with Crippen molar-refractivity contribution in [2.45, 2.75) is 155 Å². The lowest BCUT2D eigenvalue weighted by Crippen LogP contribution is -2.15. The van der Waals surface area contributed by atoms with Crippen LogP contribution in [0.1, 0.15) is 153 Å². The molecule has 39 heavy (non-hydrogen) atoms. The Morgan fingerprint density at radius 1 is 0.436 bits per heavy atom. The predicted octanol–water partition coefficient (Wildman–Crippen LogP) is 10.8. The van der Waals surface area contributed by atoms with Gasteiger partial charge in [0.2, 0.25) is 0 Å². The highest BCUT2D eigenvalue weighted by atomic mass is 31.2. The minimum atomic E-state index is -3.55. The summed E-state index contributed by atoms with van der Waals surface area (Å²) in [6.45, 7) is 4.54. The van der Waals surface area contributed by atoms with Gasteiger partial charge in [-0.1, -0.05) is 154 Å². The van der Waals surface area contributed by atoms with Gasteiger partial charge < -0.3 is 4.89 Å². The van der Waals surface area contributed by atoms with Gasteiger partial charge in [0.25, 0.3) is 7.37 Å². The van der Waals surface area contributed by atoms with E-state index in [1.54, 1.807) is 0 Å². The molecule has 0 aliphatic rings. The zero-order valence-corrected chi connectivity index (χ0v) is 26.4. The van der Waals surface area contributed by atoms with Crippen molar-refractivity contribution >= 4 is 18.0 Å². The molecule has 0 aliphatic carbocycles. The van der Waals surface area contributed by atoms with Gasteiger partial charge in [-0.25, -0.2) is 0 Å². The molecule has 0 fully saturated rings. The van der Waals surface area contributed by atoms with E-state index in [0.717, 1.165) is 12.8 Å². The van der Waals surface area contributed by atoms with Crippen LogP contribution in [0.4, 0.5) is 0 Å². The van der Waals surface area contributed by atoms with Crippen LogP contribution >= 0.6 is 7.37 Å². The lowest BCUT2D eigenvalue weighted by molar-refractivity contribution is 0.501. The average molecular weight is 555 g/mol. The third kappa shape index (κ3) is 14.7. The molecule has 0 saturated carbocycles. The van der Waals surface area contributed by atoms with Crippen LogP contribution in [0.3, 0.4) is 0 Å². The van der Waals surface area contributed by atoms with Gasteiger partial charge in [0, 0.05) is 10.6 Å². The molecule has 0 unspecified atom stereocenters. The number of unbranched alkanes of at least 4 members (excludes halogenated alkanes) is 18. The van der Waals surface area contributed by atoms with Gasteiger partial charge in [0.1, 0.15) is 0 Å². The van der Waals surface area contributed by atoms with E-state index >= 15 is 0 Å². The van der Waals surface area contributed by atoms with E-state index in [0.29, 0.717) is 10.6 Å². The second-order valence-corrected chi connectivity index (χ2v) is 14.0. The Morgan fingerprint density at radius 3 is 0.974 bits per heavy atom. The molecular formula is C36H59O2P. The smallest absolute Gasteiger partial charge is 0.258 e. The molecule has 3 heteroatoms. The summed E-state index contributed by atoms with van der Waals surface area (Å²) in [6, 6.07) is 15.6. The van der Waals surface area contributed by atoms with Gasteiger partial charge >= 0.3 is 0 Å². The molecule has 2 aromatic carbocycles. The molecule has 0 atom stereocenters. The summed E-state index contributed by atoms with van der Waals surface area (Å²) in [7, 11) is -3.55. The minimum Gasteiger partial charge on any atom is -0.338 e. The number of rotatable bonds is 24. The molecule has 0 bridgehead atoms. The van der Waals surface area contributed by atoms with E-state index in [4.69, 9.17) is 0 Å². The Labute approximate surface area is 241 Å². The maximum absolute atomic E-state index is 13.3. The number of aryl methyl sites for hydroxylation is 2. The van der Waals surface area contributed by atoms with Crippen molar-refractivity contribution in [1.29, 1.82) is 0 Å². The average Bonchev–Trinajstić information content (AvgIpc) is 2.95. The summed E-state index contributed by atoms with van der Waals surface area (Å²) in [4.78, 5) is 10.9. The molecule has 0 heterocycles. The largest absolute Gasteiger partial charge is 0.338 e. The van der Waals surface area contributed by atoms with Gasteiger partial charge in [0.15, 0.2) is 0 Å². The van der Waals surface area contributed by atoms with Gasteiger partial charge in [-0.15, -0.1) is 0 Å². The first-order valence-electron chi connectivity index (χ1n) is 16.6. The van der Waals surface area contributed by atoms with E-state index in [1.165, 1.54) is 140 Å². The van der Waals surface area contributed by atoms with Crippen molar-refractivity contribution in [3.8, 4) is 0 Å². The highest BCUT2D eigenvalue weighted by molar-refractivity contribution is 7.73. The van der Waals surface area contributed by atoms with Crippen LogP contribution in [0.25, 0.3) is 0 Å². The third-order valence-corrected chi connectivity index (χ3v) is 10.2. The normalized spacial score (nSPS) is 11.8. The van der Waals surface area contributed by atoms with E-state index in [1.807, 2.05) is 48.5 Å². The highest BCUT2D eigenvalue weighted by Crippen LogP contribution is 2.38. The van der Waals surface area contributed by atoms with Crippen molar-refractivity contribution in [2.24, 2.45) is 0 Å². The quantitative estimate of drug-likeness (QED) is 0.103. The van der Waals surface area contributed by atoms with E-state index in [2.05, 4.69) is 13.8 Å². The van der Waals surface area contributed by atoms with Gasteiger partial charge in [-0.2, -0.15) is 0 Å². The maximum Gasteiger partial charge on any atom is 0.258 e. The third-order valence-electron chi connectivity index (χ3n) is 8.21. The molecule has 2 nitrogen and oxygen atoms in total. The molecule has 0 spiro atoms. The molecule has 2 rings (SSSR count). The van der Waals surface area contributed by atoms with Crippen molar-refractivity contribution in [3.05, 3.63) is 59.7 Å². The lowest BCUT2D eigenvalue weighted by Gasteiger charge is -2.13. The van der Waals surface area contributed by atoms with E-state index in [9.17, 15) is 9.46 Å². The van der Waals surface area contributed by atoms with Crippen LogP contribution in [0.15, 0.2) is 48.5 Å². The van der Waals surface area contributed by atoms with Crippen LogP contribution < -0.4 is 10.6 Å². The van der Waals surface area contributed by atoms with Crippen molar-refractivity contribution in [1.82, 2.24) is 0 Å². The van der Waals surface area contributed by atoms with Gasteiger partial charge in [0.05, 0.1) is 0 Å². The Morgan fingerprint density at radius 2 is 0.692 bits per heavy atom. The van der Waals surface area contributed by atoms with Crippen LogP contribution in [0, 0.1) is 0 Å². The first-order chi connectivity index (χ1) is 19.1. The summed E-state index contributed by atoms with van der Waals surface area (Å²) < 4.78 is 13.3. The summed E-state index contributed by atoms with van der Waals surface area (Å²) in [6.07, 6.45) is 29.0. The Bertz CT molecular complexity index is 816. The minimum absolute atomic E-state index is 0.539. The Hall–Kier alpha value is -1.37. The summed E-state index contributed by atoms with van der Waals surface area (Å²) in [5, 5.41) is 1.08. The number of hydrogen-bond acceptors (Lipinski definition) is 1. The summed E-state index contributed by atoms with van der Waals surface area (Å²) in [5.41, 5.74) is 2.54. The topological polar surface area (TPSA) is 37.3 Å². The van der Waals surface area contributed by atoms with Gasteiger partial charge in [-0.3, -0.25) is 4.57 Å².